The first kappa shape index (κ1) is 30.6. The van der Waals surface area contributed by atoms with Gasteiger partial charge in [-0.25, -0.2) is 13.2 Å². The van der Waals surface area contributed by atoms with E-state index in [9.17, 15) is 18.0 Å². The molecule has 2 heterocycles. The quantitative estimate of drug-likeness (QED) is 0.280. The summed E-state index contributed by atoms with van der Waals surface area (Å²) < 4.78 is 36.6. The second kappa shape index (κ2) is 12.8. The zero-order chi connectivity index (χ0) is 30.6. The van der Waals surface area contributed by atoms with Gasteiger partial charge in [0, 0.05) is 54.4 Å². The van der Waals surface area contributed by atoms with Crippen LogP contribution in [0.4, 0.5) is 4.79 Å². The van der Waals surface area contributed by atoms with Gasteiger partial charge in [0.05, 0.1) is 4.90 Å². The van der Waals surface area contributed by atoms with Crippen molar-refractivity contribution < 1.29 is 27.5 Å². The van der Waals surface area contributed by atoms with Crippen molar-refractivity contribution >= 4 is 37.3 Å². The first-order valence-corrected chi connectivity index (χ1v) is 16.8. The Hall–Kier alpha value is -3.82. The molecule has 226 valence electrons. The topological polar surface area (TPSA) is 93.2 Å². The van der Waals surface area contributed by atoms with E-state index in [-0.39, 0.29) is 23.5 Å². The number of nitrogens with zero attached hydrogens (tertiary/aromatic N) is 2. The molecular formula is C33H35ClN2O6S. The van der Waals surface area contributed by atoms with Gasteiger partial charge in [-0.3, -0.25) is 4.79 Å². The van der Waals surface area contributed by atoms with Crippen LogP contribution in [-0.2, 0) is 20.4 Å². The average molecular weight is 623 g/mol. The van der Waals surface area contributed by atoms with Gasteiger partial charge < -0.3 is 19.3 Å². The van der Waals surface area contributed by atoms with Gasteiger partial charge in [-0.15, -0.1) is 0 Å². The maximum Gasteiger partial charge on any atom is 0.410 e. The molecule has 1 spiro atoms. The predicted octanol–water partition coefficient (Wildman–Crippen LogP) is 6.48. The van der Waals surface area contributed by atoms with Crippen LogP contribution in [0, 0.1) is 0 Å². The average Bonchev–Trinajstić information content (AvgIpc) is 3.22. The number of carbonyl (C=O) groups excluding carboxylic acids is 2. The Labute approximate surface area is 257 Å². The molecule has 1 fully saturated rings. The molecule has 2 amide bonds. The molecular weight excluding hydrogens is 588 g/mol. The molecule has 1 unspecified atom stereocenters. The van der Waals surface area contributed by atoms with Crippen molar-refractivity contribution in [3.63, 3.8) is 0 Å². The molecule has 10 heteroatoms. The molecule has 1 saturated heterocycles. The fourth-order valence-electron chi connectivity index (χ4n) is 5.64. The third-order valence-electron chi connectivity index (χ3n) is 8.03. The monoisotopic (exact) mass is 622 g/mol. The third-order valence-corrected chi connectivity index (χ3v) is 9.38. The van der Waals surface area contributed by atoms with Gasteiger partial charge in [0.25, 0.3) is 15.0 Å². The number of halogens is 1. The van der Waals surface area contributed by atoms with Crippen LogP contribution in [0.5, 0.6) is 5.75 Å². The van der Waals surface area contributed by atoms with Crippen LogP contribution in [-0.4, -0.2) is 62.0 Å². The van der Waals surface area contributed by atoms with Gasteiger partial charge in [-0.05, 0) is 79.8 Å². The molecule has 0 aliphatic carbocycles. The van der Waals surface area contributed by atoms with Gasteiger partial charge in [-0.1, -0.05) is 42.5 Å². The van der Waals surface area contributed by atoms with Gasteiger partial charge in [0.2, 0.25) is 0 Å². The van der Waals surface area contributed by atoms with E-state index >= 15 is 0 Å². The lowest BCUT2D eigenvalue weighted by Crippen LogP contribution is -2.39. The number of likely N-dealkylation sites (tertiary alicyclic amines) is 1. The fraction of sp³-hybridized carbons (Fsp3) is 0.333. The molecule has 5 rings (SSSR count). The van der Waals surface area contributed by atoms with E-state index in [0.717, 1.165) is 16.7 Å². The van der Waals surface area contributed by atoms with Crippen molar-refractivity contribution in [2.75, 3.05) is 26.2 Å². The van der Waals surface area contributed by atoms with Gasteiger partial charge >= 0.3 is 6.09 Å². The minimum atomic E-state index is -3.98. The highest BCUT2D eigenvalue weighted by Crippen LogP contribution is 2.44. The van der Waals surface area contributed by atoms with Gasteiger partial charge in [0.15, 0.2) is 0 Å². The zero-order valence-electron chi connectivity index (χ0n) is 24.3. The fourth-order valence-corrected chi connectivity index (χ4v) is 6.42. The summed E-state index contributed by atoms with van der Waals surface area (Å²) in [5.74, 6) is 0.484. The number of fused-ring (bicyclic) bond motifs is 1. The SMILES string of the molecule is CCN(CC)C(=O)c1ccc(C2=CC3(CCCN(C(=O)OCc4ccccc4)CC3)Oc3ccc(S(=O)(=O)Cl)cc32)cc1. The van der Waals surface area contributed by atoms with E-state index in [1.165, 1.54) is 12.1 Å². The molecule has 3 aromatic rings. The molecule has 3 aromatic carbocycles. The summed E-state index contributed by atoms with van der Waals surface area (Å²) in [5.41, 5.74) is 2.96. The van der Waals surface area contributed by atoms with Crippen LogP contribution >= 0.6 is 10.7 Å². The van der Waals surface area contributed by atoms with E-state index in [1.54, 1.807) is 28.0 Å². The predicted molar refractivity (Wildman–Crippen MR) is 166 cm³/mol. The van der Waals surface area contributed by atoms with Gasteiger partial charge in [0.1, 0.15) is 18.0 Å². The van der Waals surface area contributed by atoms with E-state index in [2.05, 4.69) is 0 Å². The number of carbonyl (C=O) groups is 2. The number of hydrogen-bond donors (Lipinski definition) is 0. The summed E-state index contributed by atoms with van der Waals surface area (Å²) >= 11 is 0. The Balaban J connectivity index is 1.44. The second-order valence-corrected chi connectivity index (χ2v) is 13.3. The minimum Gasteiger partial charge on any atom is -0.482 e. The maximum atomic E-state index is 12.9. The molecule has 0 bridgehead atoms. The van der Waals surface area contributed by atoms with Crippen molar-refractivity contribution in [3.8, 4) is 5.75 Å². The highest BCUT2D eigenvalue weighted by Gasteiger charge is 2.39. The highest BCUT2D eigenvalue weighted by atomic mass is 35.7. The Bertz CT molecular complexity index is 1620. The lowest BCUT2D eigenvalue weighted by molar-refractivity contribution is 0.0772. The summed E-state index contributed by atoms with van der Waals surface area (Å²) in [6.45, 7) is 6.27. The van der Waals surface area contributed by atoms with Crippen LogP contribution in [0.3, 0.4) is 0 Å². The number of ether oxygens (including phenoxy) is 2. The van der Waals surface area contributed by atoms with Crippen molar-refractivity contribution in [2.45, 2.75) is 50.2 Å². The van der Waals surface area contributed by atoms with Crippen molar-refractivity contribution in [1.82, 2.24) is 9.80 Å². The maximum absolute atomic E-state index is 12.9. The summed E-state index contributed by atoms with van der Waals surface area (Å²) in [6.07, 6.45) is 3.51. The number of benzene rings is 3. The Morgan fingerprint density at radius 3 is 2.37 bits per heavy atom. The van der Waals surface area contributed by atoms with Crippen LogP contribution < -0.4 is 4.74 Å². The summed E-state index contributed by atoms with van der Waals surface area (Å²) in [7, 11) is 1.73. The standard InChI is InChI=1S/C33H35ClN2O6S/c1-3-35(4-2)31(37)26-13-11-25(12-14-26)29-22-33(42-30-16-15-27(21-28(29)30)43(34,39)40)17-8-19-36(20-18-33)32(38)41-23-24-9-6-5-7-10-24/h5-7,9-16,21-22H,3-4,8,17-20,23H2,1-2H3. The second-order valence-electron chi connectivity index (χ2n) is 10.8. The number of amides is 2. The van der Waals surface area contributed by atoms with Gasteiger partial charge in [-0.2, -0.15) is 0 Å². The highest BCUT2D eigenvalue weighted by molar-refractivity contribution is 8.13. The molecule has 0 aromatic heterocycles. The molecule has 2 aliphatic heterocycles. The van der Waals surface area contributed by atoms with Crippen molar-refractivity contribution in [2.24, 2.45) is 0 Å². The third kappa shape index (κ3) is 6.89. The summed E-state index contributed by atoms with van der Waals surface area (Å²) in [5, 5.41) is 0. The van der Waals surface area contributed by atoms with E-state index < -0.39 is 14.7 Å². The number of hydrogen-bond acceptors (Lipinski definition) is 6. The first-order chi connectivity index (χ1) is 20.6. The molecule has 2 aliphatic rings. The molecule has 8 nitrogen and oxygen atoms in total. The largest absolute Gasteiger partial charge is 0.482 e. The van der Waals surface area contributed by atoms with Crippen LogP contribution in [0.25, 0.3) is 5.57 Å². The first-order valence-electron chi connectivity index (χ1n) is 14.5. The van der Waals surface area contributed by atoms with Crippen molar-refractivity contribution in [3.05, 3.63) is 101 Å². The van der Waals surface area contributed by atoms with Crippen LogP contribution in [0.1, 0.15) is 60.2 Å². The van der Waals surface area contributed by atoms with Crippen LogP contribution in [0.2, 0.25) is 0 Å². The molecule has 0 radical (unpaired) electrons. The molecule has 0 N–H and O–H groups in total. The zero-order valence-corrected chi connectivity index (χ0v) is 25.9. The Morgan fingerprint density at radius 1 is 0.977 bits per heavy atom. The Morgan fingerprint density at radius 2 is 1.70 bits per heavy atom. The normalized spacial score (nSPS) is 18.2. The smallest absolute Gasteiger partial charge is 0.410 e. The molecule has 43 heavy (non-hydrogen) atoms. The number of rotatable bonds is 7. The summed E-state index contributed by atoms with van der Waals surface area (Å²) in [6, 6.07) is 21.5. The van der Waals surface area contributed by atoms with E-state index in [4.69, 9.17) is 20.2 Å². The van der Waals surface area contributed by atoms with E-state index in [1.807, 2.05) is 62.4 Å². The Kier molecular flexibility index (Phi) is 9.13. The van der Waals surface area contributed by atoms with Crippen molar-refractivity contribution in [1.29, 1.82) is 0 Å². The molecule has 1 atom stereocenters. The lowest BCUT2D eigenvalue weighted by atomic mass is 9.84. The summed E-state index contributed by atoms with van der Waals surface area (Å²) in [4.78, 5) is 29.3. The lowest BCUT2D eigenvalue weighted by Gasteiger charge is -2.37. The van der Waals surface area contributed by atoms with Crippen LogP contribution in [0.15, 0.2) is 83.8 Å². The molecule has 0 saturated carbocycles. The van der Waals surface area contributed by atoms with E-state index in [0.29, 0.717) is 62.3 Å². The minimum absolute atomic E-state index is 0.0279.